The van der Waals surface area contributed by atoms with E-state index in [-0.39, 0.29) is 24.1 Å². The number of benzene rings is 1. The minimum absolute atomic E-state index is 0.0262. The molecule has 6 nitrogen and oxygen atoms in total. The molecule has 3 heterocycles. The predicted octanol–water partition coefficient (Wildman–Crippen LogP) is 3.31. The molecule has 2 saturated heterocycles. The van der Waals surface area contributed by atoms with Gasteiger partial charge >= 0.3 is 0 Å². The van der Waals surface area contributed by atoms with E-state index in [9.17, 15) is 4.79 Å². The quantitative estimate of drug-likeness (QED) is 0.810. The van der Waals surface area contributed by atoms with Crippen LogP contribution < -0.4 is 14.2 Å². The summed E-state index contributed by atoms with van der Waals surface area (Å²) in [6.07, 6.45) is 5.51. The highest BCUT2D eigenvalue weighted by Crippen LogP contribution is 2.39. The SMILES string of the molecule is COc1ccc(C(=O)N2C3CCC2CC(Oc2ccccn2)C3)c(OC)c1. The van der Waals surface area contributed by atoms with E-state index in [0.717, 1.165) is 25.7 Å². The Labute approximate surface area is 159 Å². The molecule has 2 bridgehead atoms. The number of hydrogen-bond donors (Lipinski definition) is 0. The van der Waals surface area contributed by atoms with Gasteiger partial charge in [0.15, 0.2) is 0 Å². The lowest BCUT2D eigenvalue weighted by molar-refractivity contribution is 0.0345. The maximum atomic E-state index is 13.3. The standard InChI is InChI=1S/C21H24N2O4/c1-25-16-8-9-18(19(13-16)26-2)21(24)23-14-6-7-15(23)12-17(11-14)27-20-5-3-4-10-22-20/h3-5,8-10,13-15,17H,6-7,11-12H2,1-2H3. The number of amides is 1. The Morgan fingerprint density at radius 3 is 2.48 bits per heavy atom. The summed E-state index contributed by atoms with van der Waals surface area (Å²) in [6.45, 7) is 0. The Bertz CT molecular complexity index is 797. The first-order valence-electron chi connectivity index (χ1n) is 9.32. The number of methoxy groups -OCH3 is 2. The number of piperidine rings is 1. The Hall–Kier alpha value is -2.76. The van der Waals surface area contributed by atoms with Crippen molar-refractivity contribution in [2.75, 3.05) is 14.2 Å². The van der Waals surface area contributed by atoms with Crippen LogP contribution >= 0.6 is 0 Å². The zero-order chi connectivity index (χ0) is 18.8. The third-order valence-corrected chi connectivity index (χ3v) is 5.49. The number of hydrogen-bond acceptors (Lipinski definition) is 5. The number of aromatic nitrogens is 1. The second kappa shape index (κ2) is 7.47. The van der Waals surface area contributed by atoms with E-state index in [4.69, 9.17) is 14.2 Å². The van der Waals surface area contributed by atoms with Crippen molar-refractivity contribution in [2.24, 2.45) is 0 Å². The van der Waals surface area contributed by atoms with Gasteiger partial charge in [-0.05, 0) is 31.0 Å². The van der Waals surface area contributed by atoms with Crippen molar-refractivity contribution in [1.29, 1.82) is 0 Å². The van der Waals surface area contributed by atoms with Gasteiger partial charge in [0.05, 0.1) is 19.8 Å². The Morgan fingerprint density at radius 1 is 1.07 bits per heavy atom. The summed E-state index contributed by atoms with van der Waals surface area (Å²) < 4.78 is 16.7. The number of nitrogens with zero attached hydrogens (tertiary/aromatic N) is 2. The molecule has 1 aromatic carbocycles. The molecule has 2 atom stereocenters. The van der Waals surface area contributed by atoms with Crippen LogP contribution in [0.3, 0.4) is 0 Å². The average Bonchev–Trinajstić information content (AvgIpc) is 2.98. The van der Waals surface area contributed by atoms with E-state index >= 15 is 0 Å². The fourth-order valence-electron chi connectivity index (χ4n) is 4.26. The van der Waals surface area contributed by atoms with E-state index in [1.807, 2.05) is 23.1 Å². The number of ether oxygens (including phenoxy) is 3. The van der Waals surface area contributed by atoms with Crippen LogP contribution in [0.1, 0.15) is 36.0 Å². The molecule has 0 aliphatic carbocycles. The molecular formula is C21H24N2O4. The van der Waals surface area contributed by atoms with Gasteiger partial charge in [0.25, 0.3) is 5.91 Å². The van der Waals surface area contributed by atoms with Gasteiger partial charge in [-0.3, -0.25) is 4.79 Å². The van der Waals surface area contributed by atoms with Crippen LogP contribution in [0.4, 0.5) is 0 Å². The molecule has 2 aliphatic rings. The van der Waals surface area contributed by atoms with Crippen LogP contribution in [0.2, 0.25) is 0 Å². The lowest BCUT2D eigenvalue weighted by atomic mass is 9.98. The molecule has 1 amide bonds. The van der Waals surface area contributed by atoms with Crippen LogP contribution in [-0.4, -0.2) is 48.2 Å². The van der Waals surface area contributed by atoms with E-state index in [1.54, 1.807) is 38.6 Å². The highest BCUT2D eigenvalue weighted by molar-refractivity contribution is 5.97. The number of fused-ring (bicyclic) bond motifs is 2. The first-order chi connectivity index (χ1) is 13.2. The van der Waals surface area contributed by atoms with E-state index < -0.39 is 0 Å². The van der Waals surface area contributed by atoms with Gasteiger partial charge in [-0.1, -0.05) is 6.07 Å². The summed E-state index contributed by atoms with van der Waals surface area (Å²) >= 11 is 0. The van der Waals surface area contributed by atoms with Crippen molar-refractivity contribution >= 4 is 5.91 Å². The van der Waals surface area contributed by atoms with Gasteiger partial charge in [0, 0.05) is 43.3 Å². The summed E-state index contributed by atoms with van der Waals surface area (Å²) in [5.41, 5.74) is 0.583. The normalized spacial score (nSPS) is 23.8. The molecule has 142 valence electrons. The number of carbonyl (C=O) groups is 1. The maximum Gasteiger partial charge on any atom is 0.258 e. The first kappa shape index (κ1) is 17.6. The lowest BCUT2D eigenvalue weighted by Gasteiger charge is -2.39. The van der Waals surface area contributed by atoms with Gasteiger partial charge in [0.1, 0.15) is 17.6 Å². The first-order valence-corrected chi connectivity index (χ1v) is 9.32. The fourth-order valence-corrected chi connectivity index (χ4v) is 4.26. The average molecular weight is 368 g/mol. The Morgan fingerprint density at radius 2 is 1.85 bits per heavy atom. The molecule has 0 N–H and O–H groups in total. The topological polar surface area (TPSA) is 60.9 Å². The smallest absolute Gasteiger partial charge is 0.258 e. The molecule has 0 radical (unpaired) electrons. The van der Waals surface area contributed by atoms with Crippen LogP contribution in [-0.2, 0) is 0 Å². The Kier molecular flexibility index (Phi) is 4.88. The molecule has 2 aromatic rings. The summed E-state index contributed by atoms with van der Waals surface area (Å²) in [5.74, 6) is 1.90. The van der Waals surface area contributed by atoms with Gasteiger partial charge in [-0.2, -0.15) is 0 Å². The largest absolute Gasteiger partial charge is 0.497 e. The number of rotatable bonds is 5. The second-order valence-corrected chi connectivity index (χ2v) is 7.04. The van der Waals surface area contributed by atoms with E-state index in [2.05, 4.69) is 4.98 Å². The van der Waals surface area contributed by atoms with Gasteiger partial charge in [0.2, 0.25) is 5.88 Å². The highest BCUT2D eigenvalue weighted by Gasteiger charge is 2.44. The summed E-state index contributed by atoms with van der Waals surface area (Å²) in [4.78, 5) is 19.5. The minimum atomic E-state index is 0.0262. The lowest BCUT2D eigenvalue weighted by Crippen LogP contribution is -2.49. The van der Waals surface area contributed by atoms with Gasteiger partial charge < -0.3 is 19.1 Å². The molecule has 2 unspecified atom stereocenters. The Balaban J connectivity index is 1.50. The van der Waals surface area contributed by atoms with Crippen molar-refractivity contribution in [3.05, 3.63) is 48.2 Å². The highest BCUT2D eigenvalue weighted by atomic mass is 16.5. The zero-order valence-electron chi connectivity index (χ0n) is 15.6. The van der Waals surface area contributed by atoms with Crippen LogP contribution in [0, 0.1) is 0 Å². The molecule has 0 spiro atoms. The third-order valence-electron chi connectivity index (χ3n) is 5.49. The zero-order valence-corrected chi connectivity index (χ0v) is 15.6. The maximum absolute atomic E-state index is 13.3. The van der Waals surface area contributed by atoms with Crippen molar-refractivity contribution < 1.29 is 19.0 Å². The number of carbonyl (C=O) groups excluding carboxylic acids is 1. The summed E-state index contributed by atoms with van der Waals surface area (Å²) in [5, 5.41) is 0. The molecule has 1 aromatic heterocycles. The number of pyridine rings is 1. The monoisotopic (exact) mass is 368 g/mol. The van der Waals surface area contributed by atoms with Gasteiger partial charge in [-0.15, -0.1) is 0 Å². The fraction of sp³-hybridized carbons (Fsp3) is 0.429. The van der Waals surface area contributed by atoms with Crippen LogP contribution in [0.25, 0.3) is 0 Å². The molecular weight excluding hydrogens is 344 g/mol. The van der Waals surface area contributed by atoms with Crippen molar-refractivity contribution in [3.63, 3.8) is 0 Å². The molecule has 27 heavy (non-hydrogen) atoms. The molecule has 6 heteroatoms. The second-order valence-electron chi connectivity index (χ2n) is 7.04. The third kappa shape index (κ3) is 3.44. The van der Waals surface area contributed by atoms with E-state index in [1.165, 1.54) is 0 Å². The molecule has 2 fully saturated rings. The van der Waals surface area contributed by atoms with Crippen molar-refractivity contribution in [3.8, 4) is 17.4 Å². The summed E-state index contributed by atoms with van der Waals surface area (Å²) in [7, 11) is 3.18. The molecule has 2 aliphatic heterocycles. The molecule has 4 rings (SSSR count). The van der Waals surface area contributed by atoms with Crippen molar-refractivity contribution in [1.82, 2.24) is 9.88 Å². The van der Waals surface area contributed by atoms with Gasteiger partial charge in [-0.25, -0.2) is 4.98 Å². The van der Waals surface area contributed by atoms with Crippen molar-refractivity contribution in [2.45, 2.75) is 43.9 Å². The van der Waals surface area contributed by atoms with Crippen LogP contribution in [0.5, 0.6) is 17.4 Å². The summed E-state index contributed by atoms with van der Waals surface area (Å²) in [6, 6.07) is 11.4. The van der Waals surface area contributed by atoms with Crippen LogP contribution in [0.15, 0.2) is 42.6 Å². The molecule has 0 saturated carbocycles. The van der Waals surface area contributed by atoms with E-state index in [0.29, 0.717) is 22.9 Å². The predicted molar refractivity (Wildman–Crippen MR) is 100 cm³/mol. The minimum Gasteiger partial charge on any atom is -0.497 e.